The number of hydrogen-bond acceptors (Lipinski definition) is 0. The van der Waals surface area contributed by atoms with E-state index in [9.17, 15) is 0 Å². The van der Waals surface area contributed by atoms with Crippen molar-refractivity contribution < 1.29 is 0 Å². The van der Waals surface area contributed by atoms with E-state index in [2.05, 4.69) is 412 Å². The van der Waals surface area contributed by atoms with Gasteiger partial charge in [-0.1, -0.05) is 367 Å². The molecule has 21 rings (SSSR count). The van der Waals surface area contributed by atoms with Crippen LogP contribution in [0.25, 0.3) is 165 Å². The zero-order valence-electron chi connectivity index (χ0n) is 67.5. The van der Waals surface area contributed by atoms with E-state index in [4.69, 9.17) is 0 Å². The van der Waals surface area contributed by atoms with Crippen LogP contribution in [-0.2, 0) is 16.2 Å². The second-order valence-corrected chi connectivity index (χ2v) is 34.3. The lowest BCUT2D eigenvalue weighted by Gasteiger charge is -2.23. The highest BCUT2D eigenvalue weighted by Crippen LogP contribution is 2.56. The number of benzene rings is 18. The molecular formula is C113H94. The van der Waals surface area contributed by atoms with Crippen molar-refractivity contribution in [3.05, 3.63) is 393 Å². The van der Waals surface area contributed by atoms with Crippen LogP contribution in [0.1, 0.15) is 119 Å². The molecule has 0 radical (unpaired) electrons. The van der Waals surface area contributed by atoms with Crippen LogP contribution in [0.15, 0.2) is 315 Å². The summed E-state index contributed by atoms with van der Waals surface area (Å²) >= 11 is 0. The number of aryl methyl sites for hydroxylation is 8. The van der Waals surface area contributed by atoms with Gasteiger partial charge in [0.2, 0.25) is 0 Å². The highest BCUT2D eigenvalue weighted by atomic mass is 14.4. The van der Waals surface area contributed by atoms with Gasteiger partial charge in [-0.25, -0.2) is 0 Å². The van der Waals surface area contributed by atoms with Crippen LogP contribution in [-0.4, -0.2) is 0 Å². The minimum Gasteiger partial charge on any atom is -0.0619 e. The Labute approximate surface area is 666 Å². The van der Waals surface area contributed by atoms with Gasteiger partial charge >= 0.3 is 0 Å². The first-order chi connectivity index (χ1) is 54.6. The molecule has 0 heteroatoms. The Hall–Kier alpha value is -12.5. The Bertz CT molecular complexity index is 7020. The maximum atomic E-state index is 2.47. The number of fused-ring (bicyclic) bond motifs is 15. The van der Waals surface area contributed by atoms with Crippen LogP contribution in [0.4, 0.5) is 0 Å². The van der Waals surface area contributed by atoms with Gasteiger partial charge in [0.15, 0.2) is 0 Å². The molecule has 3 aliphatic rings. The lowest BCUT2D eigenvalue weighted by Crippen LogP contribution is -2.14. The molecule has 3 aliphatic carbocycles. The predicted molar refractivity (Wildman–Crippen MR) is 488 cm³/mol. The van der Waals surface area contributed by atoms with Gasteiger partial charge in [-0.2, -0.15) is 0 Å². The van der Waals surface area contributed by atoms with Crippen molar-refractivity contribution in [2.24, 2.45) is 0 Å². The van der Waals surface area contributed by atoms with Crippen LogP contribution in [0.5, 0.6) is 0 Å². The Morgan fingerprint density at radius 1 is 0.150 bits per heavy atom. The van der Waals surface area contributed by atoms with Crippen molar-refractivity contribution >= 4 is 64.6 Å². The molecule has 0 fully saturated rings. The maximum absolute atomic E-state index is 2.47. The summed E-state index contributed by atoms with van der Waals surface area (Å²) in [5.41, 5.74) is 42.8. The average Bonchev–Trinajstić information content (AvgIpc) is 1.49. The van der Waals surface area contributed by atoms with E-state index in [1.807, 2.05) is 0 Å². The Kier molecular flexibility index (Phi) is 16.9. The minimum atomic E-state index is -0.0254. The molecule has 0 heterocycles. The molecule has 113 heavy (non-hydrogen) atoms. The molecular weight excluding hydrogens is 1360 g/mol. The molecule has 0 aliphatic heterocycles. The monoisotopic (exact) mass is 1450 g/mol. The zero-order valence-corrected chi connectivity index (χ0v) is 67.5. The second kappa shape index (κ2) is 26.9. The molecule has 0 saturated carbocycles. The van der Waals surface area contributed by atoms with Crippen LogP contribution in [0.3, 0.4) is 0 Å². The first-order valence-corrected chi connectivity index (χ1v) is 40.4. The Morgan fingerprint density at radius 3 is 0.779 bits per heavy atom. The van der Waals surface area contributed by atoms with Gasteiger partial charge in [0, 0.05) is 16.2 Å². The summed E-state index contributed by atoms with van der Waals surface area (Å²) in [4.78, 5) is 0. The van der Waals surface area contributed by atoms with E-state index in [0.29, 0.717) is 0 Å². The van der Waals surface area contributed by atoms with Crippen LogP contribution >= 0.6 is 0 Å². The summed E-state index contributed by atoms with van der Waals surface area (Å²) in [6.45, 7) is 31.8. The molecule has 0 bridgehead atoms. The molecule has 0 N–H and O–H groups in total. The molecule has 0 unspecified atom stereocenters. The van der Waals surface area contributed by atoms with Crippen molar-refractivity contribution in [2.45, 2.75) is 113 Å². The molecule has 0 atom stereocenters. The van der Waals surface area contributed by atoms with Gasteiger partial charge in [-0.3, -0.25) is 0 Å². The van der Waals surface area contributed by atoms with Gasteiger partial charge in [-0.05, 0) is 288 Å². The van der Waals surface area contributed by atoms with E-state index >= 15 is 0 Å². The normalized spacial score (nSPS) is 13.6. The number of rotatable bonds is 6. The highest BCUT2D eigenvalue weighted by Gasteiger charge is 2.39. The van der Waals surface area contributed by atoms with Crippen molar-refractivity contribution in [2.75, 3.05) is 0 Å². The topological polar surface area (TPSA) is 0 Å². The second-order valence-electron chi connectivity index (χ2n) is 34.3. The molecule has 18 aromatic rings. The van der Waals surface area contributed by atoms with Crippen molar-refractivity contribution in [3.63, 3.8) is 0 Å². The first-order valence-electron chi connectivity index (χ1n) is 40.4. The van der Waals surface area contributed by atoms with Crippen LogP contribution < -0.4 is 0 Å². The van der Waals surface area contributed by atoms with E-state index in [0.717, 1.165) is 0 Å². The van der Waals surface area contributed by atoms with Gasteiger partial charge in [0.25, 0.3) is 0 Å². The third-order valence-corrected chi connectivity index (χ3v) is 25.9. The first kappa shape index (κ1) is 70.9. The Morgan fingerprint density at radius 2 is 0.407 bits per heavy atom. The van der Waals surface area contributed by atoms with Crippen LogP contribution in [0, 0.1) is 55.4 Å². The van der Waals surface area contributed by atoms with Crippen molar-refractivity contribution in [1.82, 2.24) is 0 Å². The largest absolute Gasteiger partial charge is 0.0619 e. The van der Waals surface area contributed by atoms with E-state index in [1.54, 1.807) is 0 Å². The molecule has 546 valence electrons. The predicted octanol–water partition coefficient (Wildman–Crippen LogP) is 31.4. The summed E-state index contributed by atoms with van der Waals surface area (Å²) in [6, 6.07) is 119. The van der Waals surface area contributed by atoms with Crippen molar-refractivity contribution in [1.29, 1.82) is 0 Å². The van der Waals surface area contributed by atoms with E-state index in [-0.39, 0.29) is 16.2 Å². The summed E-state index contributed by atoms with van der Waals surface area (Å²) in [5, 5.41) is 15.8. The lowest BCUT2D eigenvalue weighted by atomic mass is 9.80. The molecule has 0 aromatic heterocycles. The Balaban J connectivity index is 0.000000114. The smallest absolute Gasteiger partial charge is 0.0159 e. The van der Waals surface area contributed by atoms with Gasteiger partial charge < -0.3 is 0 Å². The van der Waals surface area contributed by atoms with Gasteiger partial charge in [0.1, 0.15) is 0 Å². The molecule has 0 amide bonds. The third-order valence-electron chi connectivity index (χ3n) is 25.9. The molecule has 18 aromatic carbocycles. The fourth-order valence-electron chi connectivity index (χ4n) is 20.0. The zero-order chi connectivity index (χ0) is 77.7. The summed E-state index contributed by atoms with van der Waals surface area (Å²) < 4.78 is 0. The van der Waals surface area contributed by atoms with Crippen LogP contribution in [0.2, 0.25) is 0 Å². The average molecular weight is 1450 g/mol. The minimum absolute atomic E-state index is 0.0225. The van der Waals surface area contributed by atoms with E-state index in [1.165, 1.54) is 243 Å². The molecule has 0 spiro atoms. The number of hydrogen-bond donors (Lipinski definition) is 0. The summed E-state index contributed by atoms with van der Waals surface area (Å²) in [5.74, 6) is 0. The highest BCUT2D eigenvalue weighted by molar-refractivity contribution is 6.25. The lowest BCUT2D eigenvalue weighted by molar-refractivity contribution is 0.660. The standard InChI is InChI=1S/2C38H32.C37H30/c1-23-14-17-27(25(3)20-23)37-31-12-7-6-11-30(31)36(33-21-24(2)15-18-32(33)37)26-16-19-29-28-10-8-9-13-34(28)38(4,5)35(29)22-26;1-23-14-18-32-33(20-23)37(27-17-19-29-28-10-8-9-13-34(28)38(4,5)35(29)22-27)31-12-7-6-11-30(31)36(32)26-16-15-24(2)25(3)21-26;1-23-13-16-25(17-14-23)35-29-10-5-6-11-30(29)36(32-21-24(2)15-19-31(32)35)26-18-20-28-27-9-7-8-12-33(27)37(3,4)34(28)22-26/h2*6-22H,1-5H3;5-22H,1-4H3. The SMILES string of the molecule is Cc1ccc(-c2c3ccccc3c(-c3ccc4c(c3)C(C)(C)c3ccccc3-4)c3cc(C)ccc23)c(C)c1.Cc1ccc(-c2c3ccccc3c(-c3ccc4c(c3)C(C)(C)c3ccccc3-4)c3cc(C)ccc23)cc1.Cc1ccc2c(-c3ccc(C)c(C)c3)c3ccccc3c(-c3ccc4c(c3)C(C)(C)c3ccccc3-4)c2c1. The van der Waals surface area contributed by atoms with Gasteiger partial charge in [0.05, 0.1) is 0 Å². The quantitative estimate of drug-likeness (QED) is 0.146. The maximum Gasteiger partial charge on any atom is 0.0159 e. The fourth-order valence-corrected chi connectivity index (χ4v) is 20.0. The van der Waals surface area contributed by atoms with E-state index < -0.39 is 0 Å². The summed E-state index contributed by atoms with van der Waals surface area (Å²) in [7, 11) is 0. The summed E-state index contributed by atoms with van der Waals surface area (Å²) in [6.07, 6.45) is 0. The van der Waals surface area contributed by atoms with Crippen molar-refractivity contribution in [3.8, 4) is 100 Å². The molecule has 0 nitrogen and oxygen atoms in total. The molecule has 0 saturated heterocycles. The third kappa shape index (κ3) is 11.4. The van der Waals surface area contributed by atoms with Gasteiger partial charge in [-0.15, -0.1) is 0 Å². The fraction of sp³-hybridized carbons (Fsp3) is 0.150.